The van der Waals surface area contributed by atoms with Gasteiger partial charge in [-0.1, -0.05) is 0 Å². The van der Waals surface area contributed by atoms with E-state index in [0.717, 1.165) is 30.4 Å². The number of hydrogen-bond acceptors (Lipinski definition) is 3. The largest absolute Gasteiger partial charge is 0.372 e. The molecule has 0 bridgehead atoms. The summed E-state index contributed by atoms with van der Waals surface area (Å²) < 4.78 is 7.85. The lowest BCUT2D eigenvalue weighted by Gasteiger charge is -2.31. The summed E-state index contributed by atoms with van der Waals surface area (Å²) in [7, 11) is 1.98. The second-order valence-corrected chi connectivity index (χ2v) is 7.33. The molecule has 6 nitrogen and oxygen atoms in total. The first-order valence-electron chi connectivity index (χ1n) is 8.85. The SMILES string of the molecule is Cn1cncc1C1CC(NC(=O)NC(C2CC2)C2CC2)CCO1. The van der Waals surface area contributed by atoms with Crippen LogP contribution in [0.1, 0.15) is 50.3 Å². The fraction of sp³-hybridized carbons (Fsp3) is 0.765. The van der Waals surface area contributed by atoms with Crippen LogP contribution in [0.5, 0.6) is 0 Å². The maximum atomic E-state index is 12.4. The average molecular weight is 318 g/mol. The Hall–Kier alpha value is -1.56. The molecule has 126 valence electrons. The van der Waals surface area contributed by atoms with Gasteiger partial charge in [-0.3, -0.25) is 0 Å². The van der Waals surface area contributed by atoms with Gasteiger partial charge >= 0.3 is 6.03 Å². The molecular weight excluding hydrogens is 292 g/mol. The van der Waals surface area contributed by atoms with Gasteiger partial charge in [0.05, 0.1) is 18.2 Å². The van der Waals surface area contributed by atoms with Crippen molar-refractivity contribution in [1.82, 2.24) is 20.2 Å². The number of ether oxygens (including phenoxy) is 1. The summed E-state index contributed by atoms with van der Waals surface area (Å²) in [5, 5.41) is 6.41. The summed E-state index contributed by atoms with van der Waals surface area (Å²) in [5.74, 6) is 1.45. The monoisotopic (exact) mass is 318 g/mol. The van der Waals surface area contributed by atoms with Crippen molar-refractivity contribution in [3.05, 3.63) is 18.2 Å². The molecule has 2 aliphatic carbocycles. The van der Waals surface area contributed by atoms with Gasteiger partial charge in [0.25, 0.3) is 0 Å². The van der Waals surface area contributed by atoms with E-state index in [1.165, 1.54) is 25.7 Å². The highest BCUT2D eigenvalue weighted by Crippen LogP contribution is 2.44. The van der Waals surface area contributed by atoms with Crippen molar-refractivity contribution in [2.24, 2.45) is 18.9 Å². The molecule has 0 aromatic carbocycles. The highest BCUT2D eigenvalue weighted by atomic mass is 16.5. The number of rotatable bonds is 5. The summed E-state index contributed by atoms with van der Waals surface area (Å²) >= 11 is 0. The maximum Gasteiger partial charge on any atom is 0.315 e. The van der Waals surface area contributed by atoms with Crippen molar-refractivity contribution >= 4 is 6.03 Å². The van der Waals surface area contributed by atoms with E-state index in [0.29, 0.717) is 12.6 Å². The molecule has 23 heavy (non-hydrogen) atoms. The Kier molecular flexibility index (Phi) is 4.01. The van der Waals surface area contributed by atoms with Crippen molar-refractivity contribution in [2.45, 2.75) is 56.7 Å². The van der Waals surface area contributed by atoms with Gasteiger partial charge in [-0.15, -0.1) is 0 Å². The molecule has 2 heterocycles. The molecule has 2 N–H and O–H groups in total. The number of amides is 2. The van der Waals surface area contributed by atoms with Crippen molar-refractivity contribution in [1.29, 1.82) is 0 Å². The van der Waals surface area contributed by atoms with Crippen LogP contribution in [-0.2, 0) is 11.8 Å². The smallest absolute Gasteiger partial charge is 0.315 e. The van der Waals surface area contributed by atoms with E-state index >= 15 is 0 Å². The van der Waals surface area contributed by atoms with Crippen molar-refractivity contribution in [2.75, 3.05) is 6.61 Å². The number of hydrogen-bond donors (Lipinski definition) is 2. The normalized spacial score (nSPS) is 27.9. The van der Waals surface area contributed by atoms with Crippen LogP contribution >= 0.6 is 0 Å². The molecule has 3 fully saturated rings. The Labute approximate surface area is 137 Å². The fourth-order valence-electron chi connectivity index (χ4n) is 3.72. The minimum Gasteiger partial charge on any atom is -0.372 e. The van der Waals surface area contributed by atoms with Crippen LogP contribution in [0.25, 0.3) is 0 Å². The zero-order valence-corrected chi connectivity index (χ0v) is 13.7. The zero-order valence-electron chi connectivity index (χ0n) is 13.7. The second kappa shape index (κ2) is 6.15. The lowest BCUT2D eigenvalue weighted by atomic mass is 10.0. The quantitative estimate of drug-likeness (QED) is 0.874. The molecule has 1 saturated heterocycles. The van der Waals surface area contributed by atoms with E-state index in [4.69, 9.17) is 4.74 Å². The molecule has 2 saturated carbocycles. The van der Waals surface area contributed by atoms with Crippen LogP contribution in [0, 0.1) is 11.8 Å². The number of urea groups is 1. The highest BCUT2D eigenvalue weighted by Gasteiger charge is 2.42. The van der Waals surface area contributed by atoms with E-state index in [2.05, 4.69) is 15.6 Å². The van der Waals surface area contributed by atoms with Gasteiger partial charge in [-0.25, -0.2) is 9.78 Å². The van der Waals surface area contributed by atoms with Gasteiger partial charge in [0.1, 0.15) is 6.10 Å². The Balaban J connectivity index is 1.31. The lowest BCUT2D eigenvalue weighted by molar-refractivity contribution is -0.00185. The third kappa shape index (κ3) is 3.52. The first-order valence-corrected chi connectivity index (χ1v) is 8.85. The Morgan fingerprint density at radius 1 is 1.30 bits per heavy atom. The number of carbonyl (C=O) groups is 1. The molecular formula is C17H26N4O2. The minimum atomic E-state index is 0.00413. The van der Waals surface area contributed by atoms with Gasteiger partial charge in [-0.05, 0) is 50.4 Å². The van der Waals surface area contributed by atoms with Gasteiger partial charge in [-0.2, -0.15) is 0 Å². The van der Waals surface area contributed by atoms with Gasteiger partial charge in [0.2, 0.25) is 0 Å². The standard InChI is InChI=1S/C17H26N4O2/c1-21-10-18-9-14(21)15-8-13(6-7-23-15)19-17(22)20-16(11-2-3-11)12-4-5-12/h9-13,15-16H,2-8H2,1H3,(H2,19,20,22). The van der Waals surface area contributed by atoms with Crippen LogP contribution in [0.15, 0.2) is 12.5 Å². The summed E-state index contributed by atoms with van der Waals surface area (Å²) in [6.07, 6.45) is 10.5. The first-order chi connectivity index (χ1) is 11.2. The molecule has 1 aromatic rings. The highest BCUT2D eigenvalue weighted by molar-refractivity contribution is 5.74. The Morgan fingerprint density at radius 3 is 2.65 bits per heavy atom. The van der Waals surface area contributed by atoms with E-state index < -0.39 is 0 Å². The molecule has 2 unspecified atom stereocenters. The summed E-state index contributed by atoms with van der Waals surface area (Å²) in [6, 6.07) is 0.579. The van der Waals surface area contributed by atoms with Crippen molar-refractivity contribution in [3.8, 4) is 0 Å². The van der Waals surface area contributed by atoms with E-state index in [-0.39, 0.29) is 18.2 Å². The Bertz CT molecular complexity index is 553. The van der Waals surface area contributed by atoms with Crippen LogP contribution < -0.4 is 10.6 Å². The van der Waals surface area contributed by atoms with Crippen LogP contribution in [0.2, 0.25) is 0 Å². The number of aromatic nitrogens is 2. The molecule has 0 radical (unpaired) electrons. The molecule has 3 aliphatic rings. The zero-order chi connectivity index (χ0) is 15.8. The number of nitrogens with one attached hydrogen (secondary N) is 2. The third-order valence-corrected chi connectivity index (χ3v) is 5.36. The van der Waals surface area contributed by atoms with E-state index in [1.807, 2.05) is 17.8 Å². The number of nitrogens with zero attached hydrogens (tertiary/aromatic N) is 2. The lowest BCUT2D eigenvalue weighted by Crippen LogP contribution is -2.49. The number of carbonyl (C=O) groups excluding carboxylic acids is 1. The van der Waals surface area contributed by atoms with Crippen molar-refractivity contribution < 1.29 is 9.53 Å². The first kappa shape index (κ1) is 15.0. The van der Waals surface area contributed by atoms with Crippen LogP contribution in [0.3, 0.4) is 0 Å². The Morgan fingerprint density at radius 2 is 2.04 bits per heavy atom. The number of imidazole rings is 1. The summed E-state index contributed by atoms with van der Waals surface area (Å²) in [5.41, 5.74) is 1.07. The van der Waals surface area contributed by atoms with Crippen molar-refractivity contribution in [3.63, 3.8) is 0 Å². The molecule has 6 heteroatoms. The fourth-order valence-corrected chi connectivity index (χ4v) is 3.72. The molecule has 4 rings (SSSR count). The molecule has 1 aromatic heterocycles. The molecule has 1 aliphatic heterocycles. The predicted octanol–water partition coefficient (Wildman–Crippen LogP) is 2.13. The van der Waals surface area contributed by atoms with E-state index in [1.54, 1.807) is 6.33 Å². The van der Waals surface area contributed by atoms with Crippen LogP contribution in [-0.4, -0.2) is 34.3 Å². The second-order valence-electron chi connectivity index (χ2n) is 7.33. The summed E-state index contributed by atoms with van der Waals surface area (Å²) in [6.45, 7) is 0.676. The predicted molar refractivity (Wildman–Crippen MR) is 85.8 cm³/mol. The van der Waals surface area contributed by atoms with Crippen LogP contribution in [0.4, 0.5) is 4.79 Å². The molecule has 0 spiro atoms. The van der Waals surface area contributed by atoms with E-state index in [9.17, 15) is 4.79 Å². The third-order valence-electron chi connectivity index (χ3n) is 5.36. The van der Waals surface area contributed by atoms with Gasteiger partial charge in [0, 0.05) is 25.7 Å². The maximum absolute atomic E-state index is 12.4. The topological polar surface area (TPSA) is 68.2 Å². The number of aryl methyl sites for hydroxylation is 1. The summed E-state index contributed by atoms with van der Waals surface area (Å²) in [4.78, 5) is 16.5. The minimum absolute atomic E-state index is 0.00413. The molecule has 2 amide bonds. The molecule has 2 atom stereocenters. The average Bonchev–Trinajstić information content (AvgIpc) is 3.44. The van der Waals surface area contributed by atoms with Gasteiger partial charge < -0.3 is 19.9 Å². The van der Waals surface area contributed by atoms with Gasteiger partial charge in [0.15, 0.2) is 0 Å².